The second-order valence-corrected chi connectivity index (χ2v) is 5.67. The molecule has 0 amide bonds. The van der Waals surface area contributed by atoms with Crippen LogP contribution in [-0.4, -0.2) is 19.0 Å². The summed E-state index contributed by atoms with van der Waals surface area (Å²) in [5, 5.41) is 0. The van der Waals surface area contributed by atoms with Gasteiger partial charge in [-0.15, -0.1) is 0 Å². The second-order valence-electron chi connectivity index (χ2n) is 5.67. The molecule has 0 radical (unpaired) electrons. The first-order valence-electron chi connectivity index (χ1n) is 5.82. The lowest BCUT2D eigenvalue weighted by Crippen LogP contribution is -2.47. The number of hydrogen-bond donors (Lipinski definition) is 0. The van der Waals surface area contributed by atoms with Crippen LogP contribution in [0, 0.1) is 11.3 Å². The Morgan fingerprint density at radius 3 is 2.29 bits per heavy atom. The van der Waals surface area contributed by atoms with Gasteiger partial charge in [-0.25, -0.2) is 0 Å². The first-order chi connectivity index (χ1) is 6.55. The van der Waals surface area contributed by atoms with Crippen LogP contribution in [0.3, 0.4) is 0 Å². The van der Waals surface area contributed by atoms with Crippen LogP contribution in [-0.2, 0) is 9.47 Å². The molecule has 1 heterocycles. The minimum Gasteiger partial charge on any atom is -0.347 e. The van der Waals surface area contributed by atoms with E-state index in [-0.39, 0.29) is 5.79 Å². The van der Waals surface area contributed by atoms with Crippen molar-refractivity contribution in [1.29, 1.82) is 0 Å². The van der Waals surface area contributed by atoms with E-state index in [1.807, 2.05) is 0 Å². The van der Waals surface area contributed by atoms with E-state index in [4.69, 9.17) is 9.47 Å². The number of hydrogen-bond acceptors (Lipinski definition) is 2. The van der Waals surface area contributed by atoms with Gasteiger partial charge in [0, 0.05) is 12.3 Å². The van der Waals surface area contributed by atoms with Gasteiger partial charge in [0.05, 0.1) is 13.2 Å². The van der Waals surface area contributed by atoms with E-state index < -0.39 is 0 Å². The summed E-state index contributed by atoms with van der Waals surface area (Å²) in [5.74, 6) is 0.336. The molecule has 1 unspecified atom stereocenters. The molecule has 1 aliphatic carbocycles. The first-order valence-corrected chi connectivity index (χ1v) is 5.82. The minimum absolute atomic E-state index is 0.226. The van der Waals surface area contributed by atoms with Crippen LogP contribution in [0.4, 0.5) is 0 Å². The summed E-state index contributed by atoms with van der Waals surface area (Å²) in [6.45, 7) is 8.47. The van der Waals surface area contributed by atoms with E-state index in [1.165, 1.54) is 19.3 Å². The van der Waals surface area contributed by atoms with Crippen molar-refractivity contribution < 1.29 is 9.47 Å². The molecule has 2 aliphatic rings. The molecule has 2 nitrogen and oxygen atoms in total. The third kappa shape index (κ3) is 1.70. The Morgan fingerprint density at radius 2 is 1.71 bits per heavy atom. The molecule has 1 aliphatic heterocycles. The molecule has 0 N–H and O–H groups in total. The van der Waals surface area contributed by atoms with Gasteiger partial charge in [0.1, 0.15) is 0 Å². The topological polar surface area (TPSA) is 18.5 Å². The quantitative estimate of drug-likeness (QED) is 0.596. The van der Waals surface area contributed by atoms with Crippen molar-refractivity contribution in [2.45, 2.75) is 52.2 Å². The third-order valence-corrected chi connectivity index (χ3v) is 3.62. The lowest BCUT2D eigenvalue weighted by molar-refractivity contribution is -0.234. The van der Waals surface area contributed by atoms with Crippen LogP contribution < -0.4 is 0 Å². The minimum atomic E-state index is -0.226. The van der Waals surface area contributed by atoms with Crippen molar-refractivity contribution in [3.8, 4) is 0 Å². The van der Waals surface area contributed by atoms with E-state index in [1.54, 1.807) is 0 Å². The van der Waals surface area contributed by atoms with Gasteiger partial charge >= 0.3 is 0 Å². The summed E-state index contributed by atoms with van der Waals surface area (Å²) in [4.78, 5) is 0. The van der Waals surface area contributed by atoms with Crippen molar-refractivity contribution in [2.24, 2.45) is 11.3 Å². The molecule has 1 saturated carbocycles. The Morgan fingerprint density at radius 1 is 1.07 bits per heavy atom. The van der Waals surface area contributed by atoms with Crippen molar-refractivity contribution >= 4 is 0 Å². The zero-order valence-corrected chi connectivity index (χ0v) is 9.64. The highest BCUT2D eigenvalue weighted by molar-refractivity contribution is 4.92. The van der Waals surface area contributed by atoms with E-state index in [2.05, 4.69) is 20.8 Å². The summed E-state index contributed by atoms with van der Waals surface area (Å²) < 4.78 is 11.8. The van der Waals surface area contributed by atoms with Gasteiger partial charge in [0.15, 0.2) is 5.79 Å². The lowest BCUT2D eigenvalue weighted by atomic mass is 9.68. The standard InChI is InChI=1S/C12H22O2/c1-11(2,3)10-6-4-5-7-12(10)13-8-9-14-12/h10H,4-9H2,1-3H3. The Hall–Kier alpha value is -0.0800. The van der Waals surface area contributed by atoms with Gasteiger partial charge in [0.25, 0.3) is 0 Å². The molecular formula is C12H22O2. The van der Waals surface area contributed by atoms with Crippen molar-refractivity contribution in [3.63, 3.8) is 0 Å². The molecule has 2 fully saturated rings. The smallest absolute Gasteiger partial charge is 0.171 e. The number of ether oxygens (including phenoxy) is 2. The van der Waals surface area contributed by atoms with Gasteiger partial charge in [-0.3, -0.25) is 0 Å². The molecule has 1 spiro atoms. The molecule has 2 heteroatoms. The fourth-order valence-corrected chi connectivity index (χ4v) is 3.02. The molecule has 0 aromatic carbocycles. The van der Waals surface area contributed by atoms with Gasteiger partial charge < -0.3 is 9.47 Å². The molecule has 82 valence electrons. The normalized spacial score (nSPS) is 32.4. The molecule has 0 aromatic rings. The van der Waals surface area contributed by atoms with Crippen molar-refractivity contribution in [3.05, 3.63) is 0 Å². The summed E-state index contributed by atoms with van der Waals surface area (Å²) >= 11 is 0. The second kappa shape index (κ2) is 3.49. The van der Waals surface area contributed by atoms with Gasteiger partial charge in [-0.2, -0.15) is 0 Å². The Labute approximate surface area is 87.0 Å². The predicted octanol–water partition coefficient (Wildman–Crippen LogP) is 2.97. The SMILES string of the molecule is CC(C)(C)C1CCCCC12OCCO2. The van der Waals surface area contributed by atoms with Crippen molar-refractivity contribution in [2.75, 3.05) is 13.2 Å². The fraction of sp³-hybridized carbons (Fsp3) is 1.00. The highest BCUT2D eigenvalue weighted by Gasteiger charge is 2.50. The average Bonchev–Trinajstić information content (AvgIpc) is 2.52. The summed E-state index contributed by atoms with van der Waals surface area (Å²) in [5.41, 5.74) is 0.296. The van der Waals surface area contributed by atoms with Crippen LogP contribution in [0.5, 0.6) is 0 Å². The molecule has 2 rings (SSSR count). The molecular weight excluding hydrogens is 176 g/mol. The predicted molar refractivity (Wildman–Crippen MR) is 56.0 cm³/mol. The fourth-order valence-electron chi connectivity index (χ4n) is 3.02. The van der Waals surface area contributed by atoms with E-state index in [0.717, 1.165) is 19.6 Å². The summed E-state index contributed by atoms with van der Waals surface area (Å²) in [6, 6.07) is 0. The van der Waals surface area contributed by atoms with Crippen LogP contribution in [0.1, 0.15) is 46.5 Å². The largest absolute Gasteiger partial charge is 0.347 e. The summed E-state index contributed by atoms with van der Waals surface area (Å²) in [6.07, 6.45) is 4.93. The Bertz CT molecular complexity index is 199. The Kier molecular flexibility index (Phi) is 2.61. The van der Waals surface area contributed by atoms with Gasteiger partial charge in [0.2, 0.25) is 0 Å². The van der Waals surface area contributed by atoms with Crippen molar-refractivity contribution in [1.82, 2.24) is 0 Å². The first kappa shape index (κ1) is 10.4. The maximum absolute atomic E-state index is 5.90. The highest BCUT2D eigenvalue weighted by Crippen LogP contribution is 2.48. The maximum atomic E-state index is 5.90. The van der Waals surface area contributed by atoms with E-state index >= 15 is 0 Å². The maximum Gasteiger partial charge on any atom is 0.171 e. The Balaban J connectivity index is 2.19. The highest BCUT2D eigenvalue weighted by atomic mass is 16.7. The van der Waals surface area contributed by atoms with Crippen LogP contribution in [0.25, 0.3) is 0 Å². The molecule has 14 heavy (non-hydrogen) atoms. The van der Waals surface area contributed by atoms with E-state index in [9.17, 15) is 0 Å². The zero-order valence-electron chi connectivity index (χ0n) is 9.64. The van der Waals surface area contributed by atoms with Crippen LogP contribution in [0.15, 0.2) is 0 Å². The van der Waals surface area contributed by atoms with Crippen LogP contribution >= 0.6 is 0 Å². The van der Waals surface area contributed by atoms with E-state index in [0.29, 0.717) is 11.3 Å². The van der Waals surface area contributed by atoms with Gasteiger partial charge in [-0.05, 0) is 18.3 Å². The monoisotopic (exact) mass is 198 g/mol. The third-order valence-electron chi connectivity index (χ3n) is 3.62. The van der Waals surface area contributed by atoms with Crippen LogP contribution in [0.2, 0.25) is 0 Å². The molecule has 1 atom stereocenters. The molecule has 0 aromatic heterocycles. The average molecular weight is 198 g/mol. The zero-order chi connectivity index (χ0) is 10.2. The lowest BCUT2D eigenvalue weighted by Gasteiger charge is -2.46. The number of rotatable bonds is 0. The van der Waals surface area contributed by atoms with Gasteiger partial charge in [-0.1, -0.05) is 27.2 Å². The molecule has 1 saturated heterocycles. The molecule has 0 bridgehead atoms. The summed E-state index contributed by atoms with van der Waals surface area (Å²) in [7, 11) is 0.